The van der Waals surface area contributed by atoms with Gasteiger partial charge in [-0.3, -0.25) is 0 Å². The third-order valence-electron chi connectivity index (χ3n) is 4.08. The minimum atomic E-state index is 0.630. The lowest BCUT2D eigenvalue weighted by Gasteiger charge is -2.32. The summed E-state index contributed by atoms with van der Waals surface area (Å²) < 4.78 is 0. The third-order valence-corrected chi connectivity index (χ3v) is 4.08. The maximum atomic E-state index is 4.10. The first kappa shape index (κ1) is 13.4. The van der Waals surface area contributed by atoms with Gasteiger partial charge in [0.2, 0.25) is 0 Å². The number of nitrogens with zero attached hydrogens (tertiary/aromatic N) is 1. The number of allylic oxidation sites excluding steroid dienone is 2. The molecule has 2 N–H and O–H groups in total. The molecule has 2 atom stereocenters. The first-order chi connectivity index (χ1) is 8.65. The summed E-state index contributed by atoms with van der Waals surface area (Å²) in [6.07, 6.45) is 4.40. The topological polar surface area (TPSA) is 27.3 Å². The van der Waals surface area contributed by atoms with E-state index in [4.69, 9.17) is 0 Å². The quantitative estimate of drug-likeness (QED) is 0.792. The van der Waals surface area contributed by atoms with Gasteiger partial charge in [-0.05, 0) is 30.7 Å². The molecule has 0 aliphatic carbocycles. The Bertz CT molecular complexity index is 381. The van der Waals surface area contributed by atoms with E-state index in [2.05, 4.69) is 55.2 Å². The van der Waals surface area contributed by atoms with Crippen molar-refractivity contribution in [3.8, 4) is 0 Å². The monoisotopic (exact) mass is 247 g/mol. The van der Waals surface area contributed by atoms with Crippen molar-refractivity contribution in [2.75, 3.05) is 33.2 Å². The minimum absolute atomic E-state index is 0.630. The fourth-order valence-electron chi connectivity index (χ4n) is 2.79. The maximum absolute atomic E-state index is 4.10. The van der Waals surface area contributed by atoms with Crippen LogP contribution in [0.5, 0.6) is 0 Å². The highest BCUT2D eigenvalue weighted by atomic mass is 15.1. The Balaban J connectivity index is 2.28. The number of likely N-dealkylation sites (N-methyl/N-ethyl adjacent to an activating group) is 2. The lowest BCUT2D eigenvalue weighted by Crippen LogP contribution is -2.31. The molecule has 0 aromatic carbocycles. The van der Waals surface area contributed by atoms with Crippen molar-refractivity contribution in [3.05, 3.63) is 35.7 Å². The molecule has 0 aromatic heterocycles. The molecule has 2 rings (SSSR count). The van der Waals surface area contributed by atoms with Crippen molar-refractivity contribution in [2.24, 2.45) is 11.8 Å². The molecule has 0 radical (unpaired) electrons. The Morgan fingerprint density at radius 2 is 2.22 bits per heavy atom. The lowest BCUT2D eigenvalue weighted by molar-refractivity contribution is 0.456. The van der Waals surface area contributed by atoms with Gasteiger partial charge in [-0.25, -0.2) is 0 Å². The van der Waals surface area contributed by atoms with Crippen LogP contribution in [-0.2, 0) is 0 Å². The summed E-state index contributed by atoms with van der Waals surface area (Å²) in [7, 11) is 2.12. The Morgan fingerprint density at radius 1 is 1.44 bits per heavy atom. The fraction of sp³-hybridized carbons (Fsp3) is 0.600. The predicted octanol–water partition coefficient (Wildman–Crippen LogP) is 1.72. The maximum Gasteiger partial charge on any atom is 0.0362 e. The van der Waals surface area contributed by atoms with Crippen LogP contribution in [0.1, 0.15) is 13.8 Å². The standard InChI is InChI=1S/C15H25N3/c1-5-16-10-15-13(7-6-12(3)18(15)4)14-9-17-8-11(14)2/h6-7,11,14,16-17H,3,5,8-10H2,1-2,4H3/t11-,14?/m1/s1. The van der Waals surface area contributed by atoms with Gasteiger partial charge in [0.15, 0.2) is 0 Å². The predicted molar refractivity (Wildman–Crippen MR) is 77.1 cm³/mol. The van der Waals surface area contributed by atoms with Crippen molar-refractivity contribution in [1.29, 1.82) is 0 Å². The Hall–Kier alpha value is -1.06. The first-order valence-corrected chi connectivity index (χ1v) is 6.90. The first-order valence-electron chi connectivity index (χ1n) is 6.90. The van der Waals surface area contributed by atoms with E-state index < -0.39 is 0 Å². The van der Waals surface area contributed by atoms with Crippen LogP contribution in [0.15, 0.2) is 35.7 Å². The largest absolute Gasteiger partial charge is 0.347 e. The van der Waals surface area contributed by atoms with Crippen molar-refractivity contribution in [1.82, 2.24) is 15.5 Å². The Morgan fingerprint density at radius 3 is 2.83 bits per heavy atom. The SMILES string of the molecule is C=C1C=CC(C2CNC[C@H]2C)=C(CNCC)N1C. The molecular weight excluding hydrogens is 222 g/mol. The van der Waals surface area contributed by atoms with Crippen LogP contribution >= 0.6 is 0 Å². The van der Waals surface area contributed by atoms with Gasteiger partial charge in [-0.15, -0.1) is 0 Å². The highest BCUT2D eigenvalue weighted by molar-refractivity contribution is 5.40. The molecule has 3 nitrogen and oxygen atoms in total. The summed E-state index contributed by atoms with van der Waals surface area (Å²) in [4.78, 5) is 2.23. The smallest absolute Gasteiger partial charge is 0.0362 e. The summed E-state index contributed by atoms with van der Waals surface area (Å²) in [5, 5.41) is 6.93. The number of hydrogen-bond acceptors (Lipinski definition) is 3. The summed E-state index contributed by atoms with van der Waals surface area (Å²) >= 11 is 0. The van der Waals surface area contributed by atoms with Gasteiger partial charge in [0.25, 0.3) is 0 Å². The summed E-state index contributed by atoms with van der Waals surface area (Å²) in [6, 6.07) is 0. The second kappa shape index (κ2) is 5.72. The molecule has 0 saturated carbocycles. The van der Waals surface area contributed by atoms with E-state index in [1.54, 1.807) is 0 Å². The molecule has 2 aliphatic rings. The van der Waals surface area contributed by atoms with Gasteiger partial charge in [0, 0.05) is 37.4 Å². The second-order valence-corrected chi connectivity index (χ2v) is 5.31. The molecule has 2 heterocycles. The van der Waals surface area contributed by atoms with Crippen LogP contribution in [0.25, 0.3) is 0 Å². The van der Waals surface area contributed by atoms with Crippen molar-refractivity contribution in [3.63, 3.8) is 0 Å². The Labute approximate surface area is 111 Å². The zero-order valence-corrected chi connectivity index (χ0v) is 11.8. The average molecular weight is 247 g/mol. The van der Waals surface area contributed by atoms with Crippen LogP contribution in [0.3, 0.4) is 0 Å². The van der Waals surface area contributed by atoms with Crippen LogP contribution in [0.2, 0.25) is 0 Å². The zero-order valence-electron chi connectivity index (χ0n) is 11.8. The molecule has 1 fully saturated rings. The number of rotatable bonds is 4. The number of hydrogen-bond donors (Lipinski definition) is 2. The molecule has 1 unspecified atom stereocenters. The van der Waals surface area contributed by atoms with Gasteiger partial charge in [-0.1, -0.05) is 26.5 Å². The van der Waals surface area contributed by atoms with Gasteiger partial charge in [0.1, 0.15) is 0 Å². The average Bonchev–Trinajstić information content (AvgIpc) is 2.77. The molecule has 0 aromatic rings. The van der Waals surface area contributed by atoms with E-state index in [-0.39, 0.29) is 0 Å². The van der Waals surface area contributed by atoms with Crippen molar-refractivity contribution in [2.45, 2.75) is 13.8 Å². The summed E-state index contributed by atoms with van der Waals surface area (Å²) in [5.41, 5.74) is 3.93. The van der Waals surface area contributed by atoms with E-state index in [1.165, 1.54) is 11.3 Å². The van der Waals surface area contributed by atoms with Gasteiger partial charge < -0.3 is 15.5 Å². The molecule has 100 valence electrons. The van der Waals surface area contributed by atoms with Gasteiger partial charge in [0.05, 0.1) is 0 Å². The normalized spacial score (nSPS) is 28.4. The number of nitrogens with one attached hydrogen (secondary N) is 2. The second-order valence-electron chi connectivity index (χ2n) is 5.31. The van der Waals surface area contributed by atoms with E-state index in [9.17, 15) is 0 Å². The van der Waals surface area contributed by atoms with Gasteiger partial charge in [-0.2, -0.15) is 0 Å². The minimum Gasteiger partial charge on any atom is -0.347 e. The highest BCUT2D eigenvalue weighted by Crippen LogP contribution is 2.32. The van der Waals surface area contributed by atoms with Crippen molar-refractivity contribution >= 4 is 0 Å². The highest BCUT2D eigenvalue weighted by Gasteiger charge is 2.29. The molecule has 0 bridgehead atoms. The Kier molecular flexibility index (Phi) is 4.25. The molecule has 1 saturated heterocycles. The fourth-order valence-corrected chi connectivity index (χ4v) is 2.79. The third kappa shape index (κ3) is 2.52. The van der Waals surface area contributed by atoms with E-state index in [0.717, 1.165) is 31.9 Å². The lowest BCUT2D eigenvalue weighted by atomic mass is 9.86. The van der Waals surface area contributed by atoms with Crippen molar-refractivity contribution < 1.29 is 0 Å². The van der Waals surface area contributed by atoms with E-state index >= 15 is 0 Å². The van der Waals surface area contributed by atoms with E-state index in [0.29, 0.717) is 11.8 Å². The zero-order chi connectivity index (χ0) is 13.1. The van der Waals surface area contributed by atoms with Crippen LogP contribution in [0, 0.1) is 11.8 Å². The summed E-state index contributed by atoms with van der Waals surface area (Å²) in [6.45, 7) is 12.7. The van der Waals surface area contributed by atoms with Gasteiger partial charge >= 0.3 is 0 Å². The molecular formula is C15H25N3. The molecule has 3 heteroatoms. The molecule has 18 heavy (non-hydrogen) atoms. The molecule has 0 spiro atoms. The molecule has 2 aliphatic heterocycles. The van der Waals surface area contributed by atoms with E-state index in [1.807, 2.05) is 0 Å². The van der Waals surface area contributed by atoms with Crippen LogP contribution in [-0.4, -0.2) is 38.1 Å². The summed E-state index contributed by atoms with van der Waals surface area (Å²) in [5.74, 6) is 1.34. The van der Waals surface area contributed by atoms with Crippen LogP contribution in [0.4, 0.5) is 0 Å². The molecule has 0 amide bonds. The van der Waals surface area contributed by atoms with Crippen LogP contribution < -0.4 is 10.6 Å².